The summed E-state index contributed by atoms with van der Waals surface area (Å²) in [6.45, 7) is 6.70. The quantitative estimate of drug-likeness (QED) is 0.111. The number of amides is 4. The summed E-state index contributed by atoms with van der Waals surface area (Å²) in [5, 5.41) is 7.21. The van der Waals surface area contributed by atoms with Crippen LogP contribution in [0.5, 0.6) is 5.75 Å². The number of rotatable bonds is 13. The van der Waals surface area contributed by atoms with Crippen LogP contribution < -0.4 is 15.4 Å². The first-order valence-corrected chi connectivity index (χ1v) is 21.5. The molecule has 2 fully saturated rings. The molecule has 340 valence electrons. The highest BCUT2D eigenvalue weighted by molar-refractivity contribution is 6.07. The summed E-state index contributed by atoms with van der Waals surface area (Å²) in [7, 11) is 7.14. The minimum absolute atomic E-state index is 0.0611. The van der Waals surface area contributed by atoms with Gasteiger partial charge in [-0.15, -0.1) is 0 Å². The minimum atomic E-state index is -0.967. The van der Waals surface area contributed by atoms with Crippen molar-refractivity contribution in [1.29, 1.82) is 0 Å². The van der Waals surface area contributed by atoms with Gasteiger partial charge in [0.05, 0.1) is 68.0 Å². The number of likely N-dealkylation sites (tertiary alicyclic amines) is 2. The van der Waals surface area contributed by atoms with Gasteiger partial charge in [0.25, 0.3) is 0 Å². The number of aromatic amines is 2. The van der Waals surface area contributed by atoms with Gasteiger partial charge in [-0.1, -0.05) is 18.2 Å². The Labute approximate surface area is 370 Å². The van der Waals surface area contributed by atoms with Crippen LogP contribution in [-0.2, 0) is 39.9 Å². The van der Waals surface area contributed by atoms with E-state index in [1.807, 2.05) is 19.1 Å². The fourth-order valence-corrected chi connectivity index (χ4v) is 9.43. The third-order valence-electron chi connectivity index (χ3n) is 13.0. The maximum atomic E-state index is 14.1. The van der Waals surface area contributed by atoms with Crippen LogP contribution in [0.4, 0.5) is 9.59 Å². The van der Waals surface area contributed by atoms with Crippen LogP contribution in [0.1, 0.15) is 69.3 Å². The molecule has 4 amide bonds. The van der Waals surface area contributed by atoms with Gasteiger partial charge >= 0.3 is 12.2 Å². The van der Waals surface area contributed by atoms with Crippen molar-refractivity contribution in [3.63, 3.8) is 0 Å². The van der Waals surface area contributed by atoms with E-state index in [1.54, 1.807) is 37.0 Å². The summed E-state index contributed by atoms with van der Waals surface area (Å²) in [5.41, 5.74) is 6.34. The Morgan fingerprint density at radius 1 is 0.844 bits per heavy atom. The van der Waals surface area contributed by atoms with Crippen molar-refractivity contribution in [3.8, 4) is 28.1 Å². The lowest BCUT2D eigenvalue weighted by molar-refractivity contribution is -0.139. The molecule has 8 atom stereocenters. The van der Waals surface area contributed by atoms with E-state index >= 15 is 0 Å². The zero-order valence-corrected chi connectivity index (χ0v) is 37.4. The fourth-order valence-electron chi connectivity index (χ4n) is 9.43. The average molecular weight is 881 g/mol. The van der Waals surface area contributed by atoms with Crippen LogP contribution in [0.2, 0.25) is 0 Å². The van der Waals surface area contributed by atoms with Crippen LogP contribution in [0.3, 0.4) is 0 Å². The lowest BCUT2D eigenvalue weighted by Crippen LogP contribution is -2.55. The highest BCUT2D eigenvalue weighted by Gasteiger charge is 2.44. The topological polar surface area (TPSA) is 212 Å². The number of nitrogens with zero attached hydrogens (tertiary/aromatic N) is 4. The van der Waals surface area contributed by atoms with Crippen LogP contribution in [-0.4, -0.2) is 133 Å². The van der Waals surface area contributed by atoms with Gasteiger partial charge in [0.2, 0.25) is 11.8 Å². The van der Waals surface area contributed by atoms with Gasteiger partial charge in [-0.25, -0.2) is 19.6 Å². The zero-order valence-electron chi connectivity index (χ0n) is 37.4. The van der Waals surface area contributed by atoms with E-state index < -0.39 is 36.5 Å². The lowest BCUT2D eigenvalue weighted by Gasteiger charge is -2.33. The number of methoxy groups -OCH3 is 5. The van der Waals surface area contributed by atoms with E-state index in [-0.39, 0.29) is 35.9 Å². The average Bonchev–Trinajstić information content (AvgIpc) is 4.14. The number of alkyl carbamates (subject to hydrolysis) is 2. The van der Waals surface area contributed by atoms with Gasteiger partial charge < -0.3 is 58.8 Å². The molecule has 4 N–H and O–H groups in total. The Morgan fingerprint density at radius 3 is 2.25 bits per heavy atom. The Kier molecular flexibility index (Phi) is 12.8. The van der Waals surface area contributed by atoms with Crippen molar-refractivity contribution >= 4 is 45.8 Å². The first kappa shape index (κ1) is 44.4. The third-order valence-corrected chi connectivity index (χ3v) is 13.0. The molecule has 1 unspecified atom stereocenters. The van der Waals surface area contributed by atoms with E-state index in [9.17, 15) is 19.2 Å². The predicted molar refractivity (Wildman–Crippen MR) is 235 cm³/mol. The number of H-pyrrole nitrogens is 2. The largest absolute Gasteiger partial charge is 0.488 e. The molecule has 2 aromatic heterocycles. The molecule has 8 rings (SSSR count). The maximum Gasteiger partial charge on any atom is 0.407 e. The third kappa shape index (κ3) is 8.32. The summed E-state index contributed by atoms with van der Waals surface area (Å²) in [6.07, 6.45) is 1.24. The molecule has 5 heterocycles. The molecular weight excluding hydrogens is 825 g/mol. The van der Waals surface area contributed by atoms with Crippen molar-refractivity contribution in [3.05, 3.63) is 65.9 Å². The second-order valence-corrected chi connectivity index (χ2v) is 16.9. The van der Waals surface area contributed by atoms with Crippen molar-refractivity contribution < 1.29 is 47.6 Å². The number of hydrogen-bond donors (Lipinski definition) is 4. The Morgan fingerprint density at radius 2 is 1.56 bits per heavy atom. The molecule has 3 aliphatic rings. The molecular formula is C46H56N8O10. The first-order valence-electron chi connectivity index (χ1n) is 21.5. The van der Waals surface area contributed by atoms with Gasteiger partial charge in [-0.05, 0) is 86.4 Å². The highest BCUT2D eigenvalue weighted by atomic mass is 16.5. The van der Waals surface area contributed by atoms with Crippen LogP contribution in [0.15, 0.2) is 48.7 Å². The molecule has 3 aromatic carbocycles. The first-order chi connectivity index (χ1) is 30.9. The minimum Gasteiger partial charge on any atom is -0.488 e. The second kappa shape index (κ2) is 18.5. The van der Waals surface area contributed by atoms with Gasteiger partial charge in [0, 0.05) is 50.8 Å². The molecule has 5 aromatic rings. The van der Waals surface area contributed by atoms with Crippen molar-refractivity contribution in [2.75, 3.05) is 48.7 Å². The number of hydrogen-bond acceptors (Lipinski definition) is 12. The number of carbonyl (C=O) groups is 4. The number of benzene rings is 3. The summed E-state index contributed by atoms with van der Waals surface area (Å²) in [6, 6.07) is 11.8. The molecule has 0 saturated carbocycles. The van der Waals surface area contributed by atoms with Gasteiger partial charge in [0.1, 0.15) is 36.1 Å². The number of imidazole rings is 2. The molecule has 0 radical (unpaired) electrons. The molecule has 3 aliphatic heterocycles. The molecule has 64 heavy (non-hydrogen) atoms. The van der Waals surface area contributed by atoms with Gasteiger partial charge in [0.15, 0.2) is 0 Å². The van der Waals surface area contributed by atoms with E-state index in [4.69, 9.17) is 38.4 Å². The van der Waals surface area contributed by atoms with Gasteiger partial charge in [-0.3, -0.25) is 9.59 Å². The molecule has 2 saturated heterocycles. The summed E-state index contributed by atoms with van der Waals surface area (Å²) in [4.78, 5) is 72.9. The Balaban J connectivity index is 1.05. The molecule has 18 heteroatoms. The van der Waals surface area contributed by atoms with Crippen molar-refractivity contribution in [2.45, 2.75) is 89.1 Å². The highest BCUT2D eigenvalue weighted by Crippen LogP contribution is 2.44. The van der Waals surface area contributed by atoms with Gasteiger partial charge in [-0.2, -0.15) is 0 Å². The number of nitrogens with one attached hydrogen (secondary N) is 4. The summed E-state index contributed by atoms with van der Waals surface area (Å²) < 4.78 is 32.5. The summed E-state index contributed by atoms with van der Waals surface area (Å²) >= 11 is 0. The Hall–Kier alpha value is -6.24. The number of aromatic nitrogens is 4. The van der Waals surface area contributed by atoms with Crippen molar-refractivity contribution in [1.82, 2.24) is 40.4 Å². The fraction of sp³-hybridized carbons (Fsp3) is 0.478. The number of carbonyl (C=O) groups excluding carboxylic acids is 4. The zero-order chi connectivity index (χ0) is 45.4. The van der Waals surface area contributed by atoms with E-state index in [0.717, 1.165) is 61.9 Å². The SMILES string of the molecule is COC[C@H]1C[C@@H](c2ncc(-c3ccc4c(c3)COc3cc5c(ccc6[nH]c([C@@H]7CC[C@H](C)N7C(=O)[C@@H](NC(=O)OC)[C@@H](C)OC)nc65)cc3-4)[nH]2)N(C(=O)[C@@H](NC(=O)OC)C(C)OC)C1. The van der Waals surface area contributed by atoms with Crippen LogP contribution in [0, 0.1) is 5.92 Å². The number of fused-ring (bicyclic) bond motifs is 6. The molecule has 0 bridgehead atoms. The van der Waals surface area contributed by atoms with Crippen LogP contribution >= 0.6 is 0 Å². The second-order valence-electron chi connectivity index (χ2n) is 16.9. The van der Waals surface area contributed by atoms with Crippen LogP contribution in [0.25, 0.3) is 44.2 Å². The smallest absolute Gasteiger partial charge is 0.407 e. The van der Waals surface area contributed by atoms with E-state index in [1.165, 1.54) is 28.4 Å². The van der Waals surface area contributed by atoms with E-state index in [0.29, 0.717) is 44.2 Å². The monoisotopic (exact) mass is 880 g/mol. The molecule has 0 aliphatic carbocycles. The van der Waals surface area contributed by atoms with Crippen molar-refractivity contribution in [2.24, 2.45) is 5.92 Å². The molecule has 0 spiro atoms. The summed E-state index contributed by atoms with van der Waals surface area (Å²) in [5.74, 6) is 1.54. The lowest BCUT2D eigenvalue weighted by atomic mass is 9.92. The molecule has 18 nitrogen and oxygen atoms in total. The number of ether oxygens (including phenoxy) is 6. The predicted octanol–water partition coefficient (Wildman–Crippen LogP) is 5.77. The maximum absolute atomic E-state index is 14.1. The Bertz CT molecular complexity index is 2560. The normalized spacial score (nSPS) is 21.1. The van der Waals surface area contributed by atoms with E-state index in [2.05, 4.69) is 50.9 Å². The standard InChI is InChI=1S/C46H56N8O10/c1-23-9-14-35(54(23)44(56)39(25(3)61-6)52-46(58)63-8)42-48-33-13-11-27-17-32-30-12-10-28(16-29(30)22-64-37(32)18-31(27)40(33)50-42)34-19-47-41(49-34)36-15-26(21-59-4)20-53(36)43(55)38(24(2)60-5)51-45(57)62-7/h10-13,16-19,23-26,35-36,38-39H,9,14-15,20-22H2,1-8H3,(H,47,49)(H,48,50)(H,51,57)(H,52,58)/t23-,24?,25+,26-,35-,36-,38-,39-/m0/s1.